The number of H-pyrrole nitrogens is 1. The number of aromatic amines is 1. The standard InChI is InChI=1S/C10H9FN4S/c11-8-4-2-1-3-7(8)5-12-9-6-13-15-10(16)14-9/h1-4,6H,5H2,(H2,12,14,15,16). The van der Waals surface area contributed by atoms with E-state index in [0.717, 1.165) is 0 Å². The van der Waals surface area contributed by atoms with Gasteiger partial charge in [-0.1, -0.05) is 18.2 Å². The molecule has 1 heterocycles. The number of aromatic nitrogens is 3. The van der Waals surface area contributed by atoms with E-state index in [0.29, 0.717) is 22.7 Å². The molecule has 2 aromatic rings. The lowest BCUT2D eigenvalue weighted by atomic mass is 10.2. The molecule has 1 aromatic heterocycles. The monoisotopic (exact) mass is 236 g/mol. The van der Waals surface area contributed by atoms with Gasteiger partial charge >= 0.3 is 0 Å². The number of nitrogens with one attached hydrogen (secondary N) is 2. The normalized spacial score (nSPS) is 10.1. The van der Waals surface area contributed by atoms with Crippen LogP contribution in [0.3, 0.4) is 0 Å². The summed E-state index contributed by atoms with van der Waals surface area (Å²) in [5.74, 6) is 0.274. The van der Waals surface area contributed by atoms with Crippen molar-refractivity contribution in [1.82, 2.24) is 15.2 Å². The fourth-order valence-corrected chi connectivity index (χ4v) is 1.38. The van der Waals surface area contributed by atoms with Crippen molar-refractivity contribution in [2.24, 2.45) is 0 Å². The predicted molar refractivity (Wildman–Crippen MR) is 60.9 cm³/mol. The lowest BCUT2D eigenvalue weighted by Gasteiger charge is -2.05. The van der Waals surface area contributed by atoms with Gasteiger partial charge in [-0.15, -0.1) is 0 Å². The van der Waals surface area contributed by atoms with Crippen LogP contribution in [0.1, 0.15) is 5.56 Å². The zero-order chi connectivity index (χ0) is 11.4. The van der Waals surface area contributed by atoms with Gasteiger partial charge in [0.2, 0.25) is 4.77 Å². The topological polar surface area (TPSA) is 53.6 Å². The van der Waals surface area contributed by atoms with Crippen molar-refractivity contribution in [1.29, 1.82) is 0 Å². The molecule has 0 amide bonds. The van der Waals surface area contributed by atoms with Crippen LogP contribution in [0.4, 0.5) is 10.2 Å². The van der Waals surface area contributed by atoms with Crippen LogP contribution in [0.5, 0.6) is 0 Å². The van der Waals surface area contributed by atoms with Gasteiger partial charge in [-0.25, -0.2) is 9.37 Å². The minimum absolute atomic E-state index is 0.246. The predicted octanol–water partition coefficient (Wildman–Crippen LogP) is 2.29. The highest BCUT2D eigenvalue weighted by Gasteiger charge is 2.00. The second kappa shape index (κ2) is 4.80. The van der Waals surface area contributed by atoms with E-state index in [1.807, 2.05) is 0 Å². The maximum Gasteiger partial charge on any atom is 0.215 e. The summed E-state index contributed by atoms with van der Waals surface area (Å²) in [7, 11) is 0. The molecule has 0 aliphatic heterocycles. The molecule has 0 aliphatic carbocycles. The van der Waals surface area contributed by atoms with E-state index in [1.54, 1.807) is 18.2 Å². The molecule has 2 rings (SSSR count). The molecule has 0 spiro atoms. The third-order valence-corrected chi connectivity index (χ3v) is 2.17. The summed E-state index contributed by atoms with van der Waals surface area (Å²) in [4.78, 5) is 3.98. The Bertz CT molecular complexity index is 540. The van der Waals surface area contributed by atoms with Gasteiger partial charge in [-0.3, -0.25) is 5.10 Å². The first-order valence-corrected chi connectivity index (χ1v) is 5.05. The maximum absolute atomic E-state index is 13.3. The zero-order valence-electron chi connectivity index (χ0n) is 8.27. The summed E-state index contributed by atoms with van der Waals surface area (Å²) in [6.45, 7) is 0.347. The number of benzene rings is 1. The number of anilines is 1. The Kier molecular flexibility index (Phi) is 3.21. The number of hydrogen-bond acceptors (Lipinski definition) is 4. The Morgan fingerprint density at radius 1 is 1.38 bits per heavy atom. The Morgan fingerprint density at radius 3 is 2.94 bits per heavy atom. The lowest BCUT2D eigenvalue weighted by Crippen LogP contribution is -2.04. The summed E-state index contributed by atoms with van der Waals surface area (Å²) in [6, 6.07) is 6.56. The van der Waals surface area contributed by atoms with Gasteiger partial charge in [0, 0.05) is 12.1 Å². The van der Waals surface area contributed by atoms with Gasteiger partial charge in [0.15, 0.2) is 0 Å². The Morgan fingerprint density at radius 2 is 2.19 bits per heavy atom. The van der Waals surface area contributed by atoms with Gasteiger partial charge in [-0.05, 0) is 18.3 Å². The Hall–Kier alpha value is -1.82. The molecule has 16 heavy (non-hydrogen) atoms. The van der Waals surface area contributed by atoms with E-state index in [9.17, 15) is 4.39 Å². The van der Waals surface area contributed by atoms with Gasteiger partial charge in [0.1, 0.15) is 11.6 Å². The summed E-state index contributed by atoms with van der Waals surface area (Å²) in [6.07, 6.45) is 1.50. The average molecular weight is 236 g/mol. The largest absolute Gasteiger partial charge is 0.364 e. The van der Waals surface area contributed by atoms with Crippen LogP contribution in [0.2, 0.25) is 0 Å². The molecule has 6 heteroatoms. The molecule has 0 saturated carbocycles. The molecular weight excluding hydrogens is 227 g/mol. The first kappa shape index (κ1) is 10.7. The number of nitrogens with zero attached hydrogens (tertiary/aromatic N) is 2. The van der Waals surface area contributed by atoms with Gasteiger partial charge in [0.05, 0.1) is 6.20 Å². The number of halogens is 1. The highest BCUT2D eigenvalue weighted by molar-refractivity contribution is 7.71. The molecular formula is C10H9FN4S. The van der Waals surface area contributed by atoms with Crippen LogP contribution in [0, 0.1) is 10.6 Å². The molecule has 1 aromatic carbocycles. The van der Waals surface area contributed by atoms with Crippen LogP contribution < -0.4 is 5.32 Å². The van der Waals surface area contributed by atoms with E-state index in [4.69, 9.17) is 12.2 Å². The van der Waals surface area contributed by atoms with Crippen LogP contribution in [0.15, 0.2) is 30.5 Å². The number of rotatable bonds is 3. The van der Waals surface area contributed by atoms with Crippen LogP contribution in [-0.2, 0) is 6.54 Å². The summed E-state index contributed by atoms with van der Waals surface area (Å²) < 4.78 is 13.6. The van der Waals surface area contributed by atoms with Crippen molar-refractivity contribution in [3.8, 4) is 0 Å². The second-order valence-electron chi connectivity index (χ2n) is 3.12. The molecule has 0 bridgehead atoms. The van der Waals surface area contributed by atoms with Crippen molar-refractivity contribution < 1.29 is 4.39 Å². The van der Waals surface area contributed by atoms with Gasteiger partial charge in [0.25, 0.3) is 0 Å². The van der Waals surface area contributed by atoms with E-state index < -0.39 is 0 Å². The van der Waals surface area contributed by atoms with E-state index in [1.165, 1.54) is 12.3 Å². The molecule has 0 unspecified atom stereocenters. The number of hydrogen-bond donors (Lipinski definition) is 2. The molecule has 0 aliphatic rings. The second-order valence-corrected chi connectivity index (χ2v) is 3.50. The van der Waals surface area contributed by atoms with Crippen molar-refractivity contribution in [3.05, 3.63) is 46.6 Å². The van der Waals surface area contributed by atoms with Crippen molar-refractivity contribution >= 4 is 18.0 Å². The van der Waals surface area contributed by atoms with E-state index >= 15 is 0 Å². The highest BCUT2D eigenvalue weighted by atomic mass is 32.1. The Balaban J connectivity index is 2.08. The van der Waals surface area contributed by atoms with Crippen molar-refractivity contribution in [2.75, 3.05) is 5.32 Å². The van der Waals surface area contributed by atoms with Crippen molar-refractivity contribution in [3.63, 3.8) is 0 Å². The zero-order valence-corrected chi connectivity index (χ0v) is 9.09. The van der Waals surface area contributed by atoms with Crippen LogP contribution in [-0.4, -0.2) is 15.2 Å². The van der Waals surface area contributed by atoms with Crippen LogP contribution in [0.25, 0.3) is 0 Å². The molecule has 82 valence electrons. The van der Waals surface area contributed by atoms with Crippen molar-refractivity contribution in [2.45, 2.75) is 6.54 Å². The van der Waals surface area contributed by atoms with Gasteiger partial charge in [-0.2, -0.15) is 5.10 Å². The highest BCUT2D eigenvalue weighted by Crippen LogP contribution is 2.08. The third-order valence-electron chi connectivity index (χ3n) is 1.99. The third kappa shape index (κ3) is 2.60. The van der Waals surface area contributed by atoms with Gasteiger partial charge < -0.3 is 5.32 Å². The molecule has 0 fully saturated rings. The van der Waals surface area contributed by atoms with Crippen LogP contribution >= 0.6 is 12.2 Å². The lowest BCUT2D eigenvalue weighted by molar-refractivity contribution is 0.613. The summed E-state index contributed by atoms with van der Waals surface area (Å²) in [5, 5.41) is 9.23. The molecule has 0 radical (unpaired) electrons. The maximum atomic E-state index is 13.3. The fraction of sp³-hybridized carbons (Fsp3) is 0.100. The average Bonchev–Trinajstić information content (AvgIpc) is 2.28. The first-order valence-electron chi connectivity index (χ1n) is 4.65. The fourth-order valence-electron chi connectivity index (χ4n) is 1.22. The molecule has 0 saturated heterocycles. The minimum atomic E-state index is -0.246. The quantitative estimate of drug-likeness (QED) is 0.803. The minimum Gasteiger partial charge on any atom is -0.364 e. The SMILES string of the molecule is Fc1ccccc1CNc1cn[nH]c(=S)n1. The van der Waals surface area contributed by atoms with E-state index in [-0.39, 0.29) is 5.82 Å². The first-order chi connectivity index (χ1) is 7.75. The molecule has 0 atom stereocenters. The molecule has 4 nitrogen and oxygen atoms in total. The summed E-state index contributed by atoms with van der Waals surface area (Å²) >= 11 is 4.81. The van der Waals surface area contributed by atoms with E-state index in [2.05, 4.69) is 20.5 Å². The molecule has 2 N–H and O–H groups in total. The summed E-state index contributed by atoms with van der Waals surface area (Å²) in [5.41, 5.74) is 0.572. The smallest absolute Gasteiger partial charge is 0.215 e. The Labute approximate surface area is 96.6 Å².